The summed E-state index contributed by atoms with van der Waals surface area (Å²) in [6.45, 7) is -0.450. The van der Waals surface area contributed by atoms with Crippen molar-refractivity contribution in [3.8, 4) is 0 Å². The average molecular weight is 610 g/mol. The second kappa shape index (κ2) is 12.4. The number of carbonyl (C=O) groups excluding carboxylic acids is 1. The smallest absolute Gasteiger partial charge is 0.351 e. The molecule has 1 aliphatic heterocycles. The van der Waals surface area contributed by atoms with Crippen molar-refractivity contribution < 1.29 is 27.8 Å². The molecule has 1 aromatic heterocycles. The van der Waals surface area contributed by atoms with Crippen LogP contribution in [0.3, 0.4) is 0 Å². The lowest BCUT2D eigenvalue weighted by Gasteiger charge is -2.37. The summed E-state index contributed by atoms with van der Waals surface area (Å²) in [6.07, 6.45) is -4.71. The van der Waals surface area contributed by atoms with Crippen LogP contribution in [0.25, 0.3) is 0 Å². The second-order valence-electron chi connectivity index (χ2n) is 10.5. The minimum Gasteiger partial charge on any atom is -0.449 e. The molecule has 228 valence electrons. The van der Waals surface area contributed by atoms with Gasteiger partial charge in [-0.1, -0.05) is 109 Å². The maximum Gasteiger partial charge on any atom is 0.351 e. The highest BCUT2D eigenvalue weighted by molar-refractivity contribution is 5.89. The zero-order valence-electron chi connectivity index (χ0n) is 23.9. The van der Waals surface area contributed by atoms with Gasteiger partial charge in [-0.15, -0.1) is 0 Å². The van der Waals surface area contributed by atoms with E-state index in [9.17, 15) is 9.59 Å². The van der Waals surface area contributed by atoms with Crippen LogP contribution in [0.4, 0.5) is 14.6 Å². The van der Waals surface area contributed by atoms with Crippen molar-refractivity contribution in [3.63, 3.8) is 0 Å². The van der Waals surface area contributed by atoms with Gasteiger partial charge in [0.1, 0.15) is 17.5 Å². The number of benzene rings is 4. The zero-order valence-corrected chi connectivity index (χ0v) is 23.9. The molecule has 1 unspecified atom stereocenters. The Labute approximate surface area is 257 Å². The van der Waals surface area contributed by atoms with Crippen molar-refractivity contribution in [2.75, 3.05) is 12.3 Å². The predicted molar refractivity (Wildman–Crippen MR) is 163 cm³/mol. The topological polar surface area (TPSA) is 106 Å². The number of hydrogen-bond acceptors (Lipinski definition) is 7. The molecule has 10 heteroatoms. The van der Waals surface area contributed by atoms with E-state index in [2.05, 4.69) is 4.98 Å². The number of carbonyl (C=O) groups is 1. The summed E-state index contributed by atoms with van der Waals surface area (Å²) in [4.78, 5) is 29.3. The summed E-state index contributed by atoms with van der Waals surface area (Å²) >= 11 is 0. The summed E-state index contributed by atoms with van der Waals surface area (Å²) in [6, 6.07) is 37.1. The van der Waals surface area contributed by atoms with E-state index < -0.39 is 48.2 Å². The first-order valence-electron chi connectivity index (χ1n) is 14.2. The Morgan fingerprint density at radius 3 is 1.80 bits per heavy atom. The number of nitrogens with zero attached hydrogens (tertiary/aromatic N) is 2. The van der Waals surface area contributed by atoms with Crippen LogP contribution in [0.2, 0.25) is 0 Å². The molecule has 1 saturated heterocycles. The van der Waals surface area contributed by atoms with Crippen LogP contribution in [-0.2, 0) is 19.8 Å². The summed E-state index contributed by atoms with van der Waals surface area (Å²) in [5.41, 5.74) is 5.58. The number of aromatic nitrogens is 2. The maximum atomic E-state index is 16.3. The van der Waals surface area contributed by atoms with E-state index in [1.807, 2.05) is 91.0 Å². The Kier molecular flexibility index (Phi) is 8.25. The summed E-state index contributed by atoms with van der Waals surface area (Å²) in [5.74, 6) is -4.98. The molecule has 0 bridgehead atoms. The Morgan fingerprint density at radius 2 is 1.31 bits per heavy atom. The maximum absolute atomic E-state index is 16.3. The van der Waals surface area contributed by atoms with E-state index in [0.29, 0.717) is 4.57 Å². The van der Waals surface area contributed by atoms with E-state index in [4.69, 9.17) is 19.9 Å². The Morgan fingerprint density at radius 1 is 0.822 bits per heavy atom. The standard InChI is InChI=1S/C35H29F2N3O5/c36-35(37)30(45-31(41)24-13-5-1-6-14-24)28(44-32(35)40-22-21-29(38)39-33(40)42)23-43-34(25-15-7-2-8-16-25,26-17-9-3-10-18-26)27-19-11-4-12-20-27/h1-22,28,30,32H,23H2,(H2,38,39,42)/t28-,30?,32-/m1/s1. The van der Waals surface area contributed by atoms with Crippen LogP contribution in [0.1, 0.15) is 33.3 Å². The molecule has 45 heavy (non-hydrogen) atoms. The number of anilines is 1. The van der Waals surface area contributed by atoms with Crippen LogP contribution in [-0.4, -0.2) is 40.3 Å². The van der Waals surface area contributed by atoms with Gasteiger partial charge < -0.3 is 19.9 Å². The van der Waals surface area contributed by atoms with Crippen LogP contribution < -0.4 is 11.4 Å². The number of ether oxygens (including phenoxy) is 3. The van der Waals surface area contributed by atoms with Gasteiger partial charge in [0.2, 0.25) is 6.23 Å². The lowest BCUT2D eigenvalue weighted by Crippen LogP contribution is -2.45. The van der Waals surface area contributed by atoms with Crippen LogP contribution >= 0.6 is 0 Å². The van der Waals surface area contributed by atoms with Crippen LogP contribution in [0, 0.1) is 0 Å². The van der Waals surface area contributed by atoms with Crippen molar-refractivity contribution in [3.05, 3.63) is 166 Å². The molecule has 1 fully saturated rings. The first-order valence-corrected chi connectivity index (χ1v) is 14.2. The molecule has 0 amide bonds. The quantitative estimate of drug-likeness (QED) is 0.172. The normalized spacial score (nSPS) is 19.2. The minimum absolute atomic E-state index is 0.0786. The second-order valence-corrected chi connectivity index (χ2v) is 10.5. The van der Waals surface area contributed by atoms with Gasteiger partial charge in [-0.25, -0.2) is 9.59 Å². The molecule has 3 atom stereocenters. The third-order valence-electron chi connectivity index (χ3n) is 7.70. The highest BCUT2D eigenvalue weighted by Gasteiger charge is 2.63. The fraction of sp³-hybridized carbons (Fsp3) is 0.171. The molecule has 8 nitrogen and oxygen atoms in total. The lowest BCUT2D eigenvalue weighted by atomic mass is 9.80. The number of esters is 1. The van der Waals surface area contributed by atoms with Crippen molar-refractivity contribution in [1.29, 1.82) is 0 Å². The fourth-order valence-corrected chi connectivity index (χ4v) is 5.59. The SMILES string of the molecule is Nc1ccn([C@@H]2O[C@H](COC(c3ccccc3)(c3ccccc3)c3ccccc3)C(OC(=O)c3ccccc3)C2(F)F)c(=O)n1. The van der Waals surface area contributed by atoms with Gasteiger partial charge in [0, 0.05) is 6.20 Å². The number of halogens is 2. The van der Waals surface area contributed by atoms with Crippen molar-refractivity contribution in [2.45, 2.75) is 30.0 Å². The summed E-state index contributed by atoms with van der Waals surface area (Å²) < 4.78 is 51.3. The molecule has 0 radical (unpaired) electrons. The van der Waals surface area contributed by atoms with Crippen molar-refractivity contribution in [1.82, 2.24) is 9.55 Å². The van der Waals surface area contributed by atoms with Gasteiger partial charge in [-0.3, -0.25) is 4.57 Å². The molecule has 2 heterocycles. The Hall–Kier alpha value is -5.19. The lowest BCUT2D eigenvalue weighted by molar-refractivity contribution is -0.143. The zero-order chi connectivity index (χ0) is 31.4. The monoisotopic (exact) mass is 609 g/mol. The molecule has 6 rings (SSSR count). The van der Waals surface area contributed by atoms with E-state index in [1.54, 1.807) is 18.2 Å². The van der Waals surface area contributed by atoms with Gasteiger partial charge in [0.15, 0.2) is 6.10 Å². The number of nitrogens with two attached hydrogens (primary N) is 1. The van der Waals surface area contributed by atoms with Crippen molar-refractivity contribution in [2.24, 2.45) is 0 Å². The molecule has 4 aromatic carbocycles. The first-order chi connectivity index (χ1) is 21.8. The van der Waals surface area contributed by atoms with Gasteiger partial charge in [-0.2, -0.15) is 13.8 Å². The van der Waals surface area contributed by atoms with Gasteiger partial charge in [0.25, 0.3) is 0 Å². The van der Waals surface area contributed by atoms with Gasteiger partial charge in [0.05, 0.1) is 12.2 Å². The molecule has 0 aliphatic carbocycles. The molecular weight excluding hydrogens is 580 g/mol. The summed E-state index contributed by atoms with van der Waals surface area (Å²) in [7, 11) is 0. The molecule has 5 aromatic rings. The number of alkyl halides is 2. The van der Waals surface area contributed by atoms with Gasteiger partial charge >= 0.3 is 17.6 Å². The van der Waals surface area contributed by atoms with E-state index in [-0.39, 0.29) is 11.4 Å². The predicted octanol–water partition coefficient (Wildman–Crippen LogP) is 5.59. The Balaban J connectivity index is 1.43. The minimum atomic E-state index is -3.87. The summed E-state index contributed by atoms with van der Waals surface area (Å²) in [5, 5.41) is 0. The average Bonchev–Trinajstić information content (AvgIpc) is 3.31. The van der Waals surface area contributed by atoms with E-state index in [1.165, 1.54) is 18.2 Å². The number of hydrogen-bond donors (Lipinski definition) is 1. The molecular formula is C35H29F2N3O5. The highest BCUT2D eigenvalue weighted by Crippen LogP contribution is 2.46. The van der Waals surface area contributed by atoms with Gasteiger partial charge in [-0.05, 0) is 34.9 Å². The molecule has 2 N–H and O–H groups in total. The van der Waals surface area contributed by atoms with Crippen molar-refractivity contribution >= 4 is 11.8 Å². The molecule has 0 spiro atoms. The molecule has 1 aliphatic rings. The third kappa shape index (κ3) is 5.73. The fourth-order valence-electron chi connectivity index (χ4n) is 5.59. The number of rotatable bonds is 9. The van der Waals surface area contributed by atoms with E-state index >= 15 is 8.78 Å². The largest absolute Gasteiger partial charge is 0.449 e. The Bertz CT molecular complexity index is 1710. The molecule has 0 saturated carbocycles. The van der Waals surface area contributed by atoms with E-state index in [0.717, 1.165) is 22.9 Å². The first kappa shape index (κ1) is 29.9. The number of nitrogen functional groups attached to an aromatic ring is 1. The third-order valence-corrected chi connectivity index (χ3v) is 7.70. The van der Waals surface area contributed by atoms with Crippen LogP contribution in [0.5, 0.6) is 0 Å². The van der Waals surface area contributed by atoms with Crippen LogP contribution in [0.15, 0.2) is 138 Å². The highest BCUT2D eigenvalue weighted by atomic mass is 19.3.